The van der Waals surface area contributed by atoms with E-state index in [4.69, 9.17) is 16.3 Å². The number of nitrogens with one attached hydrogen (secondary N) is 2. The molecule has 144 valence electrons. The molecule has 6 nitrogen and oxygen atoms in total. The molecule has 0 saturated carbocycles. The summed E-state index contributed by atoms with van der Waals surface area (Å²) in [6.07, 6.45) is 1.35. The average Bonchev–Trinajstić information content (AvgIpc) is 2.70. The number of hydrogen-bond acceptors (Lipinski definition) is 5. The Balaban J connectivity index is 1.74. The molecule has 0 saturated heterocycles. The number of aryl methyl sites for hydroxylation is 2. The van der Waals surface area contributed by atoms with Crippen molar-refractivity contribution in [3.63, 3.8) is 0 Å². The summed E-state index contributed by atoms with van der Waals surface area (Å²) in [6.45, 7) is 4.34. The minimum absolute atomic E-state index is 0.270. The average molecular weight is 397 g/mol. The van der Waals surface area contributed by atoms with Gasteiger partial charge in [-0.25, -0.2) is 9.97 Å². The number of ether oxygens (including phenoxy) is 1. The molecule has 3 rings (SSSR count). The first kappa shape index (κ1) is 19.6. The summed E-state index contributed by atoms with van der Waals surface area (Å²) >= 11 is 6.14. The number of carbonyl (C=O) groups excluding carboxylic acids is 1. The van der Waals surface area contributed by atoms with Gasteiger partial charge >= 0.3 is 0 Å². The second kappa shape index (κ2) is 8.71. The topological polar surface area (TPSA) is 76.1 Å². The van der Waals surface area contributed by atoms with E-state index in [0.717, 1.165) is 16.7 Å². The van der Waals surface area contributed by atoms with Crippen LogP contribution in [0.2, 0.25) is 5.02 Å². The number of carbonyl (C=O) groups is 1. The van der Waals surface area contributed by atoms with E-state index < -0.39 is 0 Å². The third-order valence-electron chi connectivity index (χ3n) is 4.34. The van der Waals surface area contributed by atoms with Crippen molar-refractivity contribution in [2.24, 2.45) is 0 Å². The predicted molar refractivity (Wildman–Crippen MR) is 110 cm³/mol. The first-order valence-electron chi connectivity index (χ1n) is 8.74. The van der Waals surface area contributed by atoms with Gasteiger partial charge in [0, 0.05) is 23.7 Å². The van der Waals surface area contributed by atoms with Gasteiger partial charge in [-0.2, -0.15) is 0 Å². The molecule has 1 heterocycles. The highest BCUT2D eigenvalue weighted by molar-refractivity contribution is 6.31. The molecule has 0 aliphatic rings. The lowest BCUT2D eigenvalue weighted by atomic mass is 10.1. The van der Waals surface area contributed by atoms with Crippen molar-refractivity contribution in [1.29, 1.82) is 0 Å². The molecule has 2 N–H and O–H groups in total. The van der Waals surface area contributed by atoms with Crippen LogP contribution in [0.25, 0.3) is 0 Å². The SMILES string of the molecule is COc1cc(Cl)c(C)cc1Nc1cc(C(=O)NCc2ccccc2C)ncn1. The third-order valence-corrected chi connectivity index (χ3v) is 4.75. The Hall–Kier alpha value is -3.12. The van der Waals surface area contributed by atoms with E-state index >= 15 is 0 Å². The Kier molecular flexibility index (Phi) is 6.11. The molecule has 0 spiro atoms. The van der Waals surface area contributed by atoms with Gasteiger partial charge in [-0.15, -0.1) is 0 Å². The molecule has 1 amide bonds. The maximum atomic E-state index is 12.5. The van der Waals surface area contributed by atoms with Crippen molar-refractivity contribution in [3.05, 3.63) is 76.2 Å². The zero-order valence-corrected chi connectivity index (χ0v) is 16.7. The van der Waals surface area contributed by atoms with Gasteiger partial charge in [-0.1, -0.05) is 35.9 Å². The number of rotatable bonds is 6. The van der Waals surface area contributed by atoms with Gasteiger partial charge < -0.3 is 15.4 Å². The molecular weight excluding hydrogens is 376 g/mol. The van der Waals surface area contributed by atoms with Crippen molar-refractivity contribution in [1.82, 2.24) is 15.3 Å². The van der Waals surface area contributed by atoms with Crippen LogP contribution in [-0.4, -0.2) is 23.0 Å². The molecule has 0 atom stereocenters. The van der Waals surface area contributed by atoms with Crippen LogP contribution in [0.4, 0.5) is 11.5 Å². The summed E-state index contributed by atoms with van der Waals surface area (Å²) in [6, 6.07) is 13.1. The molecular formula is C21H21ClN4O2. The number of anilines is 2. The van der Waals surface area contributed by atoms with Gasteiger partial charge in [0.2, 0.25) is 0 Å². The molecule has 2 aromatic carbocycles. The van der Waals surface area contributed by atoms with Crippen LogP contribution in [0.1, 0.15) is 27.2 Å². The summed E-state index contributed by atoms with van der Waals surface area (Å²) in [5, 5.41) is 6.65. The Morgan fingerprint density at radius 3 is 2.64 bits per heavy atom. The standard InChI is InChI=1S/C21H21ClN4O2/c1-13-6-4-5-7-15(13)11-23-21(27)18-10-20(25-12-24-18)26-17-8-14(2)16(22)9-19(17)28-3/h4-10,12H,11H2,1-3H3,(H,23,27)(H,24,25,26). The fourth-order valence-corrected chi connectivity index (χ4v) is 2.85. The van der Waals surface area contributed by atoms with E-state index in [2.05, 4.69) is 20.6 Å². The predicted octanol–water partition coefficient (Wildman–Crippen LogP) is 4.43. The molecule has 0 aliphatic heterocycles. The summed E-state index contributed by atoms with van der Waals surface area (Å²) in [7, 11) is 1.57. The lowest BCUT2D eigenvalue weighted by Crippen LogP contribution is -2.24. The van der Waals surface area contributed by atoms with Gasteiger partial charge in [0.15, 0.2) is 0 Å². The first-order chi connectivity index (χ1) is 13.5. The number of hydrogen-bond donors (Lipinski definition) is 2. The minimum Gasteiger partial charge on any atom is -0.495 e. The van der Waals surface area contributed by atoms with Crippen LogP contribution in [0.3, 0.4) is 0 Å². The van der Waals surface area contributed by atoms with Crippen LogP contribution in [-0.2, 0) is 6.54 Å². The van der Waals surface area contributed by atoms with Gasteiger partial charge in [0.25, 0.3) is 5.91 Å². The van der Waals surface area contributed by atoms with Crippen molar-refractivity contribution in [2.75, 3.05) is 12.4 Å². The summed E-state index contributed by atoms with van der Waals surface area (Å²) in [5.41, 5.74) is 4.06. The van der Waals surface area contributed by atoms with Crippen LogP contribution >= 0.6 is 11.6 Å². The second-order valence-corrected chi connectivity index (χ2v) is 6.73. The number of amides is 1. The molecule has 1 aromatic heterocycles. The van der Waals surface area contributed by atoms with Gasteiger partial charge in [0.1, 0.15) is 23.6 Å². The molecule has 0 radical (unpaired) electrons. The highest BCUT2D eigenvalue weighted by Gasteiger charge is 2.12. The van der Waals surface area contributed by atoms with Crippen LogP contribution in [0, 0.1) is 13.8 Å². The zero-order chi connectivity index (χ0) is 20.1. The van der Waals surface area contributed by atoms with Crippen molar-refractivity contribution in [2.45, 2.75) is 20.4 Å². The second-order valence-electron chi connectivity index (χ2n) is 6.32. The van der Waals surface area contributed by atoms with Crippen LogP contribution in [0.5, 0.6) is 5.75 Å². The summed E-state index contributed by atoms with van der Waals surface area (Å²) < 4.78 is 5.36. The Labute approximate surface area is 168 Å². The largest absolute Gasteiger partial charge is 0.495 e. The molecule has 7 heteroatoms. The first-order valence-corrected chi connectivity index (χ1v) is 9.11. The summed E-state index contributed by atoms with van der Waals surface area (Å²) in [4.78, 5) is 20.7. The van der Waals surface area contributed by atoms with E-state index in [0.29, 0.717) is 28.8 Å². The van der Waals surface area contributed by atoms with E-state index in [9.17, 15) is 4.79 Å². The Morgan fingerprint density at radius 2 is 1.89 bits per heavy atom. The van der Waals surface area contributed by atoms with E-state index in [1.54, 1.807) is 19.2 Å². The minimum atomic E-state index is -0.270. The Morgan fingerprint density at radius 1 is 1.11 bits per heavy atom. The van der Waals surface area contributed by atoms with Crippen LogP contribution < -0.4 is 15.4 Å². The van der Waals surface area contributed by atoms with Crippen molar-refractivity contribution < 1.29 is 9.53 Å². The number of benzene rings is 2. The molecule has 3 aromatic rings. The van der Waals surface area contributed by atoms with Crippen LogP contribution in [0.15, 0.2) is 48.8 Å². The molecule has 0 fully saturated rings. The fourth-order valence-electron chi connectivity index (χ4n) is 2.69. The highest BCUT2D eigenvalue weighted by Crippen LogP contribution is 2.32. The quantitative estimate of drug-likeness (QED) is 0.644. The van der Waals surface area contributed by atoms with E-state index in [1.165, 1.54) is 6.33 Å². The number of halogens is 1. The molecule has 0 aliphatic carbocycles. The fraction of sp³-hybridized carbons (Fsp3) is 0.190. The van der Waals surface area contributed by atoms with Gasteiger partial charge in [-0.05, 0) is 36.6 Å². The van der Waals surface area contributed by atoms with E-state index in [1.807, 2.05) is 44.2 Å². The Bertz CT molecular complexity index is 1010. The summed E-state index contributed by atoms with van der Waals surface area (Å²) in [5.74, 6) is 0.795. The van der Waals surface area contributed by atoms with E-state index in [-0.39, 0.29) is 11.6 Å². The lowest BCUT2D eigenvalue weighted by molar-refractivity contribution is 0.0945. The monoisotopic (exact) mass is 396 g/mol. The lowest BCUT2D eigenvalue weighted by Gasteiger charge is -2.13. The molecule has 28 heavy (non-hydrogen) atoms. The number of methoxy groups -OCH3 is 1. The third kappa shape index (κ3) is 4.58. The molecule has 0 bridgehead atoms. The molecule has 0 unspecified atom stereocenters. The van der Waals surface area contributed by atoms with Gasteiger partial charge in [-0.3, -0.25) is 4.79 Å². The smallest absolute Gasteiger partial charge is 0.270 e. The highest BCUT2D eigenvalue weighted by atomic mass is 35.5. The van der Waals surface area contributed by atoms with Crippen molar-refractivity contribution >= 4 is 29.0 Å². The normalized spacial score (nSPS) is 10.4. The van der Waals surface area contributed by atoms with Crippen molar-refractivity contribution in [3.8, 4) is 5.75 Å². The maximum absolute atomic E-state index is 12.5. The number of nitrogens with zero attached hydrogens (tertiary/aromatic N) is 2. The maximum Gasteiger partial charge on any atom is 0.270 e. The number of aromatic nitrogens is 2. The zero-order valence-electron chi connectivity index (χ0n) is 15.9. The van der Waals surface area contributed by atoms with Gasteiger partial charge in [0.05, 0.1) is 12.8 Å².